The van der Waals surface area contributed by atoms with Crippen molar-refractivity contribution in [3.63, 3.8) is 0 Å². The normalized spacial score (nSPS) is 15.8. The van der Waals surface area contributed by atoms with Crippen molar-refractivity contribution in [1.82, 2.24) is 14.8 Å². The number of nitrogens with two attached hydrogens (primary N) is 1. The van der Waals surface area contributed by atoms with E-state index in [0.717, 1.165) is 17.0 Å². The van der Waals surface area contributed by atoms with Crippen LogP contribution < -0.4 is 10.6 Å². The monoisotopic (exact) mass is 391 g/mol. The van der Waals surface area contributed by atoms with Gasteiger partial charge in [-0.1, -0.05) is 12.8 Å². The summed E-state index contributed by atoms with van der Waals surface area (Å²) in [6, 6.07) is 4.24. The van der Waals surface area contributed by atoms with E-state index in [1.807, 2.05) is 5.92 Å². The minimum atomic E-state index is -4.46. The molecule has 2 N–H and O–H groups in total. The Bertz CT molecular complexity index is 937. The molecule has 1 heterocycles. The van der Waals surface area contributed by atoms with Crippen LogP contribution in [0.4, 0.5) is 19.1 Å². The van der Waals surface area contributed by atoms with Gasteiger partial charge >= 0.3 is 12.1 Å². The van der Waals surface area contributed by atoms with E-state index in [1.165, 1.54) is 23.1 Å². The highest BCUT2D eigenvalue weighted by molar-refractivity contribution is 6.10. The van der Waals surface area contributed by atoms with Crippen molar-refractivity contribution in [2.45, 2.75) is 37.4 Å². The summed E-state index contributed by atoms with van der Waals surface area (Å²) in [5.41, 5.74) is 3.73. The topological polar surface area (TPSA) is 94.1 Å². The SMILES string of the molecule is C#CC(=O)N(c1ncn(-c2ccc(C(F)(F)F)cc2)n1)C1(C(N)=O)CCCC1. The largest absolute Gasteiger partial charge is 0.416 e. The molecule has 10 heteroatoms. The Hall–Kier alpha value is -3.35. The first-order chi connectivity index (χ1) is 13.2. The number of carbonyl (C=O) groups is 2. The third-order valence-electron chi connectivity index (χ3n) is 4.78. The zero-order valence-corrected chi connectivity index (χ0v) is 14.6. The van der Waals surface area contributed by atoms with Gasteiger partial charge in [0.25, 0.3) is 5.95 Å². The quantitative estimate of drug-likeness (QED) is 0.807. The number of halogens is 3. The average molecular weight is 391 g/mol. The summed E-state index contributed by atoms with van der Waals surface area (Å²) in [7, 11) is 0. The van der Waals surface area contributed by atoms with Crippen molar-refractivity contribution in [2.75, 3.05) is 4.90 Å². The van der Waals surface area contributed by atoms with Crippen molar-refractivity contribution in [3.05, 3.63) is 36.2 Å². The smallest absolute Gasteiger partial charge is 0.368 e. The third kappa shape index (κ3) is 3.31. The van der Waals surface area contributed by atoms with Crippen LogP contribution in [0.1, 0.15) is 31.2 Å². The second-order valence-electron chi connectivity index (χ2n) is 6.42. The van der Waals surface area contributed by atoms with Crippen LogP contribution in [-0.4, -0.2) is 32.1 Å². The van der Waals surface area contributed by atoms with Crippen LogP contribution in [0, 0.1) is 12.3 Å². The molecule has 2 amide bonds. The van der Waals surface area contributed by atoms with Crippen LogP contribution in [0.5, 0.6) is 0 Å². The maximum absolute atomic E-state index is 12.7. The summed E-state index contributed by atoms with van der Waals surface area (Å²) in [5, 5.41) is 4.14. The molecule has 1 fully saturated rings. The Labute approximate surface area is 158 Å². The number of hydrogen-bond acceptors (Lipinski definition) is 4. The van der Waals surface area contributed by atoms with Gasteiger partial charge in [-0.25, -0.2) is 4.68 Å². The van der Waals surface area contributed by atoms with E-state index >= 15 is 0 Å². The van der Waals surface area contributed by atoms with Gasteiger partial charge in [0.05, 0.1) is 11.3 Å². The molecule has 0 radical (unpaired) electrons. The Kier molecular flexibility index (Phi) is 4.85. The van der Waals surface area contributed by atoms with Gasteiger partial charge < -0.3 is 5.73 Å². The number of aromatic nitrogens is 3. The van der Waals surface area contributed by atoms with E-state index in [1.54, 1.807) is 0 Å². The Morgan fingerprint density at radius 1 is 1.21 bits per heavy atom. The fourth-order valence-corrected chi connectivity index (χ4v) is 3.37. The molecule has 0 saturated heterocycles. The van der Waals surface area contributed by atoms with Crippen molar-refractivity contribution < 1.29 is 22.8 Å². The van der Waals surface area contributed by atoms with E-state index in [0.29, 0.717) is 31.4 Å². The molecule has 1 aromatic heterocycles. The van der Waals surface area contributed by atoms with Crippen LogP contribution >= 0.6 is 0 Å². The fraction of sp³-hybridized carbons (Fsp3) is 0.333. The van der Waals surface area contributed by atoms with Gasteiger partial charge in [0.1, 0.15) is 11.9 Å². The van der Waals surface area contributed by atoms with Gasteiger partial charge in [-0.3, -0.25) is 14.5 Å². The molecule has 28 heavy (non-hydrogen) atoms. The van der Waals surface area contributed by atoms with Gasteiger partial charge in [0.15, 0.2) is 0 Å². The predicted octanol–water partition coefficient (Wildman–Crippen LogP) is 2.05. The van der Waals surface area contributed by atoms with Crippen molar-refractivity contribution in [1.29, 1.82) is 0 Å². The highest BCUT2D eigenvalue weighted by Crippen LogP contribution is 2.37. The maximum Gasteiger partial charge on any atom is 0.416 e. The molecule has 146 valence electrons. The first-order valence-electron chi connectivity index (χ1n) is 8.39. The molecular formula is C18H16F3N5O2. The molecule has 1 aromatic carbocycles. The van der Waals surface area contributed by atoms with Crippen LogP contribution in [0.2, 0.25) is 0 Å². The minimum absolute atomic E-state index is 0.136. The highest BCUT2D eigenvalue weighted by Gasteiger charge is 2.49. The zero-order valence-electron chi connectivity index (χ0n) is 14.6. The summed E-state index contributed by atoms with van der Waals surface area (Å²) in [6.45, 7) is 0. The summed E-state index contributed by atoms with van der Waals surface area (Å²) >= 11 is 0. The van der Waals surface area contributed by atoms with Gasteiger partial charge in [0, 0.05) is 0 Å². The number of nitrogens with zero attached hydrogens (tertiary/aromatic N) is 4. The molecule has 0 aliphatic heterocycles. The van der Waals surface area contributed by atoms with Crippen LogP contribution in [0.3, 0.4) is 0 Å². The standard InChI is InChI=1S/C18H16F3N5O2/c1-2-14(27)26(17(15(22)28)9-3-4-10-17)16-23-11-25(24-16)13-7-5-12(6-8-13)18(19,20)21/h1,5-8,11H,3-4,9-10H2,(H2,22,28). The van der Waals surface area contributed by atoms with Crippen LogP contribution in [-0.2, 0) is 15.8 Å². The fourth-order valence-electron chi connectivity index (χ4n) is 3.37. The van der Waals surface area contributed by atoms with Gasteiger partial charge in [-0.15, -0.1) is 11.5 Å². The number of rotatable bonds is 4. The lowest BCUT2D eigenvalue weighted by atomic mass is 9.94. The second kappa shape index (κ2) is 6.99. The Balaban J connectivity index is 1.99. The first kappa shape index (κ1) is 19.4. The zero-order chi connectivity index (χ0) is 20.5. The van der Waals surface area contributed by atoms with Crippen molar-refractivity contribution in [2.24, 2.45) is 5.73 Å². The molecule has 1 aliphatic carbocycles. The van der Waals surface area contributed by atoms with E-state index in [2.05, 4.69) is 10.1 Å². The summed E-state index contributed by atoms with van der Waals surface area (Å²) in [4.78, 5) is 29.6. The first-order valence-corrected chi connectivity index (χ1v) is 8.39. The average Bonchev–Trinajstić information content (AvgIpc) is 3.32. The molecular weight excluding hydrogens is 375 g/mol. The summed E-state index contributed by atoms with van der Waals surface area (Å²) in [6.07, 6.45) is 4.01. The lowest BCUT2D eigenvalue weighted by molar-refractivity contribution is -0.137. The molecule has 3 rings (SSSR count). The number of hydrogen-bond donors (Lipinski definition) is 1. The molecule has 7 nitrogen and oxygen atoms in total. The molecule has 2 aromatic rings. The van der Waals surface area contributed by atoms with E-state index < -0.39 is 29.1 Å². The molecule has 0 unspecified atom stereocenters. The summed E-state index contributed by atoms with van der Waals surface area (Å²) in [5.74, 6) is 0.300. The molecule has 1 aliphatic rings. The van der Waals surface area contributed by atoms with E-state index in [-0.39, 0.29) is 5.95 Å². The summed E-state index contributed by atoms with van der Waals surface area (Å²) < 4.78 is 39.3. The number of amides is 2. The highest BCUT2D eigenvalue weighted by atomic mass is 19.4. The number of anilines is 1. The third-order valence-corrected chi connectivity index (χ3v) is 4.78. The van der Waals surface area contributed by atoms with Crippen molar-refractivity contribution in [3.8, 4) is 18.0 Å². The number of carbonyl (C=O) groups excluding carboxylic acids is 2. The molecule has 1 saturated carbocycles. The van der Waals surface area contributed by atoms with E-state index in [9.17, 15) is 22.8 Å². The van der Waals surface area contributed by atoms with Crippen LogP contribution in [0.15, 0.2) is 30.6 Å². The molecule has 0 bridgehead atoms. The number of benzene rings is 1. The number of terminal acetylenes is 1. The molecule has 0 spiro atoms. The van der Waals surface area contributed by atoms with Crippen LogP contribution in [0.25, 0.3) is 5.69 Å². The van der Waals surface area contributed by atoms with E-state index in [4.69, 9.17) is 12.2 Å². The van der Waals surface area contributed by atoms with Gasteiger partial charge in [-0.2, -0.15) is 18.2 Å². The Morgan fingerprint density at radius 2 is 1.82 bits per heavy atom. The lowest BCUT2D eigenvalue weighted by Crippen LogP contribution is -2.58. The van der Waals surface area contributed by atoms with Gasteiger partial charge in [-0.05, 0) is 43.0 Å². The minimum Gasteiger partial charge on any atom is -0.368 e. The maximum atomic E-state index is 12.7. The number of alkyl halides is 3. The predicted molar refractivity (Wildman–Crippen MR) is 93.1 cm³/mol. The Morgan fingerprint density at radius 3 is 2.32 bits per heavy atom. The lowest BCUT2D eigenvalue weighted by Gasteiger charge is -2.34. The van der Waals surface area contributed by atoms with Gasteiger partial charge in [0.2, 0.25) is 5.91 Å². The molecule has 0 atom stereocenters. The number of primary amides is 1. The second-order valence-corrected chi connectivity index (χ2v) is 6.42. The van der Waals surface area contributed by atoms with Crippen molar-refractivity contribution >= 4 is 17.8 Å².